The molecule has 0 fully saturated rings. The van der Waals surface area contributed by atoms with Crippen molar-refractivity contribution in [1.82, 2.24) is 0 Å². The molecule has 0 bridgehead atoms. The summed E-state index contributed by atoms with van der Waals surface area (Å²) >= 11 is 5.77. The Hall–Kier alpha value is -2.66. The van der Waals surface area contributed by atoms with Gasteiger partial charge in [0.25, 0.3) is 5.91 Å². The lowest BCUT2D eigenvalue weighted by Crippen LogP contribution is -2.21. The molecule has 136 valence electrons. The van der Waals surface area contributed by atoms with E-state index in [4.69, 9.17) is 16.3 Å². The van der Waals surface area contributed by atoms with Gasteiger partial charge in [0.1, 0.15) is 0 Å². The van der Waals surface area contributed by atoms with Crippen molar-refractivity contribution in [3.05, 3.63) is 64.7 Å². The third-order valence-corrected chi connectivity index (χ3v) is 3.96. The van der Waals surface area contributed by atoms with Crippen LogP contribution in [0.1, 0.15) is 35.7 Å². The Morgan fingerprint density at radius 3 is 2.46 bits per heavy atom. The lowest BCUT2D eigenvalue weighted by atomic mass is 10.1. The Kier molecular flexibility index (Phi) is 7.36. The van der Waals surface area contributed by atoms with Crippen LogP contribution in [-0.2, 0) is 20.7 Å². The minimum Gasteiger partial charge on any atom is -0.456 e. The molecule has 0 heterocycles. The number of Topliss-reactive ketones (excluding diaryl/α,β-unsaturated/α-hetero) is 1. The van der Waals surface area contributed by atoms with Gasteiger partial charge in [0.05, 0.1) is 6.42 Å². The Balaban J connectivity index is 1.73. The summed E-state index contributed by atoms with van der Waals surface area (Å²) in [7, 11) is 0. The van der Waals surface area contributed by atoms with Gasteiger partial charge < -0.3 is 10.1 Å². The van der Waals surface area contributed by atoms with Gasteiger partial charge in [-0.25, -0.2) is 0 Å². The number of aryl methyl sites for hydroxylation is 1. The molecule has 0 spiro atoms. The van der Waals surface area contributed by atoms with Crippen molar-refractivity contribution in [2.75, 3.05) is 11.9 Å². The predicted molar refractivity (Wildman–Crippen MR) is 100 cm³/mol. The van der Waals surface area contributed by atoms with Crippen molar-refractivity contribution < 1.29 is 19.1 Å². The zero-order valence-corrected chi connectivity index (χ0v) is 15.2. The second-order valence-corrected chi connectivity index (χ2v) is 6.13. The quantitative estimate of drug-likeness (QED) is 0.559. The molecule has 0 aromatic heterocycles. The van der Waals surface area contributed by atoms with Gasteiger partial charge in [-0.05, 0) is 48.4 Å². The van der Waals surface area contributed by atoms with Gasteiger partial charge in [-0.15, -0.1) is 0 Å². The van der Waals surface area contributed by atoms with Crippen molar-refractivity contribution in [2.45, 2.75) is 26.2 Å². The van der Waals surface area contributed by atoms with Gasteiger partial charge in [0, 0.05) is 22.7 Å². The average molecular weight is 374 g/mol. The molecule has 0 saturated heterocycles. The molecule has 0 aliphatic carbocycles. The van der Waals surface area contributed by atoms with E-state index >= 15 is 0 Å². The molecule has 26 heavy (non-hydrogen) atoms. The number of hydrogen-bond donors (Lipinski definition) is 1. The summed E-state index contributed by atoms with van der Waals surface area (Å²) in [5.74, 6) is -1.19. The van der Waals surface area contributed by atoms with Crippen LogP contribution in [0.5, 0.6) is 0 Å². The first-order valence-electron chi connectivity index (χ1n) is 8.31. The molecular weight excluding hydrogens is 354 g/mol. The van der Waals surface area contributed by atoms with Crippen molar-refractivity contribution in [3.63, 3.8) is 0 Å². The van der Waals surface area contributed by atoms with Crippen LogP contribution in [0.4, 0.5) is 5.69 Å². The van der Waals surface area contributed by atoms with Crippen LogP contribution in [0.3, 0.4) is 0 Å². The van der Waals surface area contributed by atoms with Crippen molar-refractivity contribution in [3.8, 4) is 0 Å². The van der Waals surface area contributed by atoms with Crippen molar-refractivity contribution in [1.29, 1.82) is 0 Å². The fourth-order valence-electron chi connectivity index (χ4n) is 2.28. The lowest BCUT2D eigenvalue weighted by Gasteiger charge is -2.07. The molecule has 2 aromatic carbocycles. The monoisotopic (exact) mass is 373 g/mol. The van der Waals surface area contributed by atoms with Crippen LogP contribution in [0.15, 0.2) is 48.5 Å². The highest BCUT2D eigenvalue weighted by Gasteiger charge is 2.12. The number of carbonyl (C=O) groups is 3. The van der Waals surface area contributed by atoms with E-state index in [2.05, 4.69) is 5.32 Å². The van der Waals surface area contributed by atoms with E-state index in [0.29, 0.717) is 16.3 Å². The normalized spacial score (nSPS) is 10.2. The van der Waals surface area contributed by atoms with Crippen LogP contribution in [0, 0.1) is 0 Å². The number of esters is 1. The first-order chi connectivity index (χ1) is 12.5. The second kappa shape index (κ2) is 9.73. The van der Waals surface area contributed by atoms with Gasteiger partial charge in [-0.1, -0.05) is 30.7 Å². The molecule has 0 radical (unpaired) electrons. The van der Waals surface area contributed by atoms with Gasteiger partial charge in [-0.3, -0.25) is 14.4 Å². The smallest absolute Gasteiger partial charge is 0.306 e. The maximum absolute atomic E-state index is 12.0. The zero-order chi connectivity index (χ0) is 18.9. The minimum atomic E-state index is -0.593. The van der Waals surface area contributed by atoms with E-state index in [9.17, 15) is 14.4 Å². The summed E-state index contributed by atoms with van der Waals surface area (Å²) in [6.45, 7) is 1.64. The topological polar surface area (TPSA) is 72.5 Å². The average Bonchev–Trinajstić information content (AvgIpc) is 2.65. The van der Waals surface area contributed by atoms with Crippen molar-refractivity contribution >= 4 is 34.9 Å². The molecule has 2 rings (SSSR count). The summed E-state index contributed by atoms with van der Waals surface area (Å²) in [6, 6.07) is 13.9. The fraction of sp³-hybridized carbons (Fsp3) is 0.250. The summed E-state index contributed by atoms with van der Waals surface area (Å²) < 4.78 is 4.91. The highest BCUT2D eigenvalue weighted by atomic mass is 35.5. The number of carbonyl (C=O) groups excluding carboxylic acids is 3. The third kappa shape index (κ3) is 6.33. The Morgan fingerprint density at radius 2 is 1.77 bits per heavy atom. The maximum atomic E-state index is 12.0. The number of hydrogen-bond acceptors (Lipinski definition) is 4. The van der Waals surface area contributed by atoms with E-state index in [1.807, 2.05) is 25.1 Å². The summed E-state index contributed by atoms with van der Waals surface area (Å²) in [6.07, 6.45) is 0.793. The predicted octanol–water partition coefficient (Wildman–Crippen LogP) is 4.05. The van der Waals surface area contributed by atoms with Gasteiger partial charge in [0.2, 0.25) is 0 Å². The highest BCUT2D eigenvalue weighted by Crippen LogP contribution is 2.13. The Labute approximate surface area is 157 Å². The number of benzene rings is 2. The van der Waals surface area contributed by atoms with Gasteiger partial charge in [-0.2, -0.15) is 0 Å². The van der Waals surface area contributed by atoms with Crippen LogP contribution < -0.4 is 5.32 Å². The number of anilines is 1. The molecular formula is C20H20ClNO4. The van der Waals surface area contributed by atoms with Gasteiger partial charge >= 0.3 is 5.97 Å². The second-order valence-electron chi connectivity index (χ2n) is 5.69. The van der Waals surface area contributed by atoms with E-state index in [1.165, 1.54) is 0 Å². The molecule has 5 nitrogen and oxygen atoms in total. The number of halogens is 1. The van der Waals surface area contributed by atoms with Crippen molar-refractivity contribution in [2.24, 2.45) is 0 Å². The molecule has 1 N–H and O–H groups in total. The number of amides is 1. The number of ketones is 1. The zero-order valence-electron chi connectivity index (χ0n) is 14.5. The third-order valence-electron chi connectivity index (χ3n) is 3.71. The largest absolute Gasteiger partial charge is 0.456 e. The molecule has 2 aromatic rings. The van der Waals surface area contributed by atoms with Crippen LogP contribution >= 0.6 is 11.6 Å². The Morgan fingerprint density at radius 1 is 1.04 bits per heavy atom. The van der Waals surface area contributed by atoms with E-state index in [0.717, 1.165) is 12.0 Å². The molecule has 6 heteroatoms. The number of rotatable bonds is 8. The minimum absolute atomic E-state index is 0.0145. The van der Waals surface area contributed by atoms with Gasteiger partial charge in [0.15, 0.2) is 12.4 Å². The van der Waals surface area contributed by atoms with E-state index in [1.54, 1.807) is 30.3 Å². The first-order valence-corrected chi connectivity index (χ1v) is 8.69. The SMILES string of the molecule is CCc1cccc(NC(=O)COC(=O)CCC(=O)c2ccc(Cl)cc2)c1. The standard InChI is InChI=1S/C20H20ClNO4/c1-2-14-4-3-5-17(12-14)22-19(24)13-26-20(25)11-10-18(23)15-6-8-16(21)9-7-15/h3-9,12H,2,10-11,13H2,1H3,(H,22,24). The fourth-order valence-corrected chi connectivity index (χ4v) is 2.41. The molecule has 0 saturated carbocycles. The van der Waals surface area contributed by atoms with Crippen LogP contribution in [0.25, 0.3) is 0 Å². The number of ether oxygens (including phenoxy) is 1. The summed E-state index contributed by atoms with van der Waals surface area (Å²) in [5.41, 5.74) is 2.24. The molecule has 1 amide bonds. The summed E-state index contributed by atoms with van der Waals surface area (Å²) in [5, 5.41) is 3.21. The molecule has 0 aliphatic rings. The van der Waals surface area contributed by atoms with Crippen LogP contribution in [0.2, 0.25) is 5.02 Å². The molecule has 0 aliphatic heterocycles. The van der Waals surface area contributed by atoms with E-state index < -0.39 is 11.9 Å². The molecule has 0 unspecified atom stereocenters. The first kappa shape index (κ1) is 19.7. The lowest BCUT2D eigenvalue weighted by molar-refractivity contribution is -0.147. The Bertz CT molecular complexity index is 787. The van der Waals surface area contributed by atoms with Crippen LogP contribution in [-0.4, -0.2) is 24.3 Å². The summed E-state index contributed by atoms with van der Waals surface area (Å²) in [4.78, 5) is 35.5. The maximum Gasteiger partial charge on any atom is 0.306 e. The highest BCUT2D eigenvalue weighted by molar-refractivity contribution is 6.30. The number of nitrogens with one attached hydrogen (secondary N) is 1. The van der Waals surface area contributed by atoms with E-state index in [-0.39, 0.29) is 25.2 Å². The molecule has 0 atom stereocenters.